The summed E-state index contributed by atoms with van der Waals surface area (Å²) in [7, 11) is 1.72. The van der Waals surface area contributed by atoms with Crippen LogP contribution in [0.1, 0.15) is 33.1 Å². The monoisotopic (exact) mass is 345 g/mol. The predicted octanol–water partition coefficient (Wildman–Crippen LogP) is 2.61. The average Bonchev–Trinajstić information content (AvgIpc) is 2.62. The number of amides is 1. The Morgan fingerprint density at radius 1 is 1.08 bits per heavy atom. The second-order valence-electron chi connectivity index (χ2n) is 7.36. The first kappa shape index (κ1) is 18.1. The van der Waals surface area contributed by atoms with Crippen LogP contribution >= 0.6 is 0 Å². The van der Waals surface area contributed by atoms with E-state index in [1.165, 1.54) is 6.42 Å². The second kappa shape index (κ2) is 8.09. The Balaban J connectivity index is 1.55. The molecular weight excluding hydrogens is 314 g/mol. The molecular formula is C20H31N3O2. The van der Waals surface area contributed by atoms with E-state index in [4.69, 9.17) is 4.74 Å². The van der Waals surface area contributed by atoms with Crippen molar-refractivity contribution in [1.29, 1.82) is 0 Å². The van der Waals surface area contributed by atoms with Gasteiger partial charge in [0.25, 0.3) is 0 Å². The molecule has 1 aromatic rings. The molecule has 0 N–H and O–H groups in total. The van der Waals surface area contributed by atoms with Gasteiger partial charge in [-0.3, -0.25) is 9.69 Å². The van der Waals surface area contributed by atoms with Crippen LogP contribution in [0.25, 0.3) is 0 Å². The number of methoxy groups -OCH3 is 1. The zero-order valence-electron chi connectivity index (χ0n) is 15.8. The minimum Gasteiger partial charge on any atom is -0.495 e. The molecule has 1 aromatic carbocycles. The minimum atomic E-state index is 0.297. The highest BCUT2D eigenvalue weighted by atomic mass is 16.5. The van der Waals surface area contributed by atoms with E-state index in [-0.39, 0.29) is 0 Å². The Morgan fingerprint density at radius 2 is 1.72 bits per heavy atom. The van der Waals surface area contributed by atoms with Crippen LogP contribution < -0.4 is 9.64 Å². The van der Waals surface area contributed by atoms with E-state index < -0.39 is 0 Å². The maximum atomic E-state index is 12.8. The van der Waals surface area contributed by atoms with Crippen LogP contribution in [-0.2, 0) is 4.79 Å². The molecule has 1 amide bonds. The summed E-state index contributed by atoms with van der Waals surface area (Å²) in [5, 5.41) is 0. The molecule has 2 aliphatic heterocycles. The maximum Gasteiger partial charge on any atom is 0.237 e. The Bertz CT molecular complexity index is 574. The van der Waals surface area contributed by atoms with Crippen LogP contribution in [0.2, 0.25) is 0 Å². The summed E-state index contributed by atoms with van der Waals surface area (Å²) < 4.78 is 5.48. The third kappa shape index (κ3) is 4.09. The average molecular weight is 345 g/mol. The highest BCUT2D eigenvalue weighted by Gasteiger charge is 2.30. The number of hydrogen-bond acceptors (Lipinski definition) is 4. The smallest absolute Gasteiger partial charge is 0.237 e. The standard InChI is InChI=1S/C20H31N3O2/c1-16-7-6-8-17(2)23(16)20(24)15-21-11-13-22(14-12-21)18-9-4-5-10-19(18)25-3/h4-5,9-10,16-17H,6-8,11-15H2,1-3H3. The largest absolute Gasteiger partial charge is 0.495 e. The van der Waals surface area contributed by atoms with Gasteiger partial charge >= 0.3 is 0 Å². The van der Waals surface area contributed by atoms with Gasteiger partial charge in [0.05, 0.1) is 19.3 Å². The van der Waals surface area contributed by atoms with E-state index in [1.54, 1.807) is 7.11 Å². The summed E-state index contributed by atoms with van der Waals surface area (Å²) in [6.45, 7) is 8.62. The topological polar surface area (TPSA) is 36.0 Å². The highest BCUT2D eigenvalue weighted by molar-refractivity contribution is 5.79. The fourth-order valence-electron chi connectivity index (χ4n) is 4.22. The normalized spacial score (nSPS) is 25.1. The number of likely N-dealkylation sites (tertiary alicyclic amines) is 1. The lowest BCUT2D eigenvalue weighted by Crippen LogP contribution is -2.54. The van der Waals surface area contributed by atoms with Crippen LogP contribution in [0.3, 0.4) is 0 Å². The summed E-state index contributed by atoms with van der Waals surface area (Å²) in [5.74, 6) is 1.22. The molecule has 25 heavy (non-hydrogen) atoms. The molecule has 0 spiro atoms. The fraction of sp³-hybridized carbons (Fsp3) is 0.650. The van der Waals surface area contributed by atoms with Crippen molar-refractivity contribution in [3.05, 3.63) is 24.3 Å². The number of para-hydroxylation sites is 2. The molecule has 0 aromatic heterocycles. The molecule has 2 unspecified atom stereocenters. The van der Waals surface area contributed by atoms with E-state index in [9.17, 15) is 4.79 Å². The van der Waals surface area contributed by atoms with Gasteiger partial charge in [-0.15, -0.1) is 0 Å². The van der Waals surface area contributed by atoms with Crippen LogP contribution in [0.15, 0.2) is 24.3 Å². The molecule has 2 fully saturated rings. The van der Waals surface area contributed by atoms with Gasteiger partial charge in [0.1, 0.15) is 5.75 Å². The Hall–Kier alpha value is -1.75. The lowest BCUT2D eigenvalue weighted by atomic mass is 9.97. The summed E-state index contributed by atoms with van der Waals surface area (Å²) in [5.41, 5.74) is 1.15. The van der Waals surface area contributed by atoms with Gasteiger partial charge in [0, 0.05) is 38.3 Å². The Labute approximate surface area is 151 Å². The number of benzene rings is 1. The van der Waals surface area contributed by atoms with Crippen LogP contribution in [-0.4, -0.2) is 67.6 Å². The minimum absolute atomic E-state index is 0.297. The second-order valence-corrected chi connectivity index (χ2v) is 7.36. The third-order valence-corrected chi connectivity index (χ3v) is 5.64. The van der Waals surface area contributed by atoms with Gasteiger partial charge in [-0.05, 0) is 45.2 Å². The molecule has 2 atom stereocenters. The lowest BCUT2D eigenvalue weighted by Gasteiger charge is -2.41. The van der Waals surface area contributed by atoms with E-state index in [1.807, 2.05) is 18.2 Å². The van der Waals surface area contributed by atoms with Crippen molar-refractivity contribution in [2.24, 2.45) is 0 Å². The number of piperidine rings is 1. The number of nitrogens with zero attached hydrogens (tertiary/aromatic N) is 3. The molecule has 138 valence electrons. The molecule has 3 rings (SSSR count). The van der Waals surface area contributed by atoms with E-state index >= 15 is 0 Å². The van der Waals surface area contributed by atoms with Gasteiger partial charge in [-0.1, -0.05) is 12.1 Å². The molecule has 2 saturated heterocycles. The molecule has 2 aliphatic rings. The number of ether oxygens (including phenoxy) is 1. The number of anilines is 1. The first-order valence-corrected chi connectivity index (χ1v) is 9.51. The summed E-state index contributed by atoms with van der Waals surface area (Å²) in [6, 6.07) is 8.92. The van der Waals surface area contributed by atoms with Crippen molar-refractivity contribution in [2.75, 3.05) is 44.7 Å². The molecule has 5 nitrogen and oxygen atoms in total. The summed E-state index contributed by atoms with van der Waals surface area (Å²) in [4.78, 5) is 19.6. The SMILES string of the molecule is COc1ccccc1N1CCN(CC(=O)N2C(C)CCCC2C)CC1. The molecule has 0 aliphatic carbocycles. The fourth-order valence-corrected chi connectivity index (χ4v) is 4.22. The number of rotatable bonds is 4. The molecule has 5 heteroatoms. The molecule has 0 radical (unpaired) electrons. The Morgan fingerprint density at radius 3 is 2.36 bits per heavy atom. The predicted molar refractivity (Wildman–Crippen MR) is 101 cm³/mol. The van der Waals surface area contributed by atoms with E-state index in [0.717, 1.165) is 50.5 Å². The van der Waals surface area contributed by atoms with Crippen molar-refractivity contribution in [2.45, 2.75) is 45.2 Å². The number of carbonyl (C=O) groups is 1. The third-order valence-electron chi connectivity index (χ3n) is 5.64. The summed E-state index contributed by atoms with van der Waals surface area (Å²) in [6.07, 6.45) is 3.51. The van der Waals surface area contributed by atoms with Crippen molar-refractivity contribution < 1.29 is 9.53 Å². The first-order chi connectivity index (χ1) is 12.1. The van der Waals surface area contributed by atoms with Crippen molar-refractivity contribution in [3.8, 4) is 5.75 Å². The van der Waals surface area contributed by atoms with Gasteiger partial charge in [-0.2, -0.15) is 0 Å². The first-order valence-electron chi connectivity index (χ1n) is 9.51. The number of hydrogen-bond donors (Lipinski definition) is 0. The Kier molecular flexibility index (Phi) is 5.84. The van der Waals surface area contributed by atoms with Gasteiger partial charge in [0.15, 0.2) is 0 Å². The maximum absolute atomic E-state index is 12.8. The highest BCUT2D eigenvalue weighted by Crippen LogP contribution is 2.28. The van der Waals surface area contributed by atoms with E-state index in [0.29, 0.717) is 24.5 Å². The van der Waals surface area contributed by atoms with Crippen LogP contribution in [0.4, 0.5) is 5.69 Å². The van der Waals surface area contributed by atoms with Crippen LogP contribution in [0, 0.1) is 0 Å². The summed E-state index contributed by atoms with van der Waals surface area (Å²) >= 11 is 0. The molecule has 0 saturated carbocycles. The lowest BCUT2D eigenvalue weighted by molar-refractivity contribution is -0.138. The van der Waals surface area contributed by atoms with Crippen LogP contribution in [0.5, 0.6) is 5.75 Å². The number of carbonyl (C=O) groups excluding carboxylic acids is 1. The van der Waals surface area contributed by atoms with Gasteiger partial charge in [-0.25, -0.2) is 0 Å². The molecule has 2 heterocycles. The molecule has 0 bridgehead atoms. The number of piperazine rings is 1. The van der Waals surface area contributed by atoms with Gasteiger partial charge in [0.2, 0.25) is 5.91 Å². The van der Waals surface area contributed by atoms with E-state index in [2.05, 4.69) is 34.6 Å². The quantitative estimate of drug-likeness (QED) is 0.840. The van der Waals surface area contributed by atoms with Crippen molar-refractivity contribution in [3.63, 3.8) is 0 Å². The zero-order valence-corrected chi connectivity index (χ0v) is 15.8. The van der Waals surface area contributed by atoms with Crippen molar-refractivity contribution in [1.82, 2.24) is 9.80 Å². The zero-order chi connectivity index (χ0) is 17.8. The van der Waals surface area contributed by atoms with Crippen molar-refractivity contribution >= 4 is 11.6 Å². The van der Waals surface area contributed by atoms with Gasteiger partial charge < -0.3 is 14.5 Å².